The summed E-state index contributed by atoms with van der Waals surface area (Å²) in [5, 5.41) is 34.5. The number of fused-ring (bicyclic) bond motifs is 1. The summed E-state index contributed by atoms with van der Waals surface area (Å²) in [5.41, 5.74) is 2.52. The summed E-state index contributed by atoms with van der Waals surface area (Å²) in [6.45, 7) is 3.62. The number of hydrogen-bond acceptors (Lipinski definition) is 6. The summed E-state index contributed by atoms with van der Waals surface area (Å²) < 4.78 is 0. The van der Waals surface area contributed by atoms with Crippen molar-refractivity contribution in [3.05, 3.63) is 99.6 Å². The molecule has 1 amide bonds. The van der Waals surface area contributed by atoms with Crippen LogP contribution in [-0.4, -0.2) is 15.9 Å². The Bertz CT molecular complexity index is 1430. The fourth-order valence-electron chi connectivity index (χ4n) is 3.42. The van der Waals surface area contributed by atoms with Gasteiger partial charge in [-0.25, -0.2) is 0 Å². The molecule has 0 spiro atoms. The van der Waals surface area contributed by atoms with E-state index in [9.17, 15) is 20.0 Å². The number of carbonyl (C=O) groups excluding carboxylic acids is 1. The minimum atomic E-state index is -0.512. The first-order chi connectivity index (χ1) is 15.8. The van der Waals surface area contributed by atoms with Crippen LogP contribution in [0.1, 0.15) is 21.5 Å². The van der Waals surface area contributed by atoms with Crippen LogP contribution in [0.3, 0.4) is 0 Å². The average molecular weight is 440 g/mol. The maximum absolute atomic E-state index is 13.0. The monoisotopic (exact) mass is 440 g/mol. The van der Waals surface area contributed by atoms with Crippen molar-refractivity contribution in [3.8, 4) is 5.75 Å². The van der Waals surface area contributed by atoms with Gasteiger partial charge < -0.3 is 10.4 Å². The number of hydrogen-bond donors (Lipinski definition) is 2. The molecular weight excluding hydrogens is 420 g/mol. The first-order valence-corrected chi connectivity index (χ1v) is 10.1. The predicted octanol–water partition coefficient (Wildman–Crippen LogP) is 6.74. The van der Waals surface area contributed by atoms with E-state index in [0.717, 1.165) is 5.56 Å². The van der Waals surface area contributed by atoms with Gasteiger partial charge in [0, 0.05) is 23.2 Å². The smallest absolute Gasteiger partial charge is 0.271 e. The molecule has 0 aromatic heterocycles. The van der Waals surface area contributed by atoms with Crippen LogP contribution in [0.2, 0.25) is 0 Å². The predicted molar refractivity (Wildman–Crippen MR) is 127 cm³/mol. The second-order valence-corrected chi connectivity index (χ2v) is 7.54. The minimum absolute atomic E-state index is 0.0432. The number of amides is 1. The number of nitro groups is 1. The quantitative estimate of drug-likeness (QED) is 0.203. The molecule has 4 aromatic carbocycles. The number of azo groups is 1. The Labute approximate surface area is 189 Å². The van der Waals surface area contributed by atoms with Crippen LogP contribution in [0.25, 0.3) is 10.8 Å². The zero-order chi connectivity index (χ0) is 23.5. The number of nitrogens with zero attached hydrogens (tertiary/aromatic N) is 3. The Morgan fingerprint density at radius 2 is 1.67 bits per heavy atom. The van der Waals surface area contributed by atoms with E-state index in [1.165, 1.54) is 12.1 Å². The molecule has 0 atom stereocenters. The summed E-state index contributed by atoms with van der Waals surface area (Å²) in [6, 6.07) is 20.4. The second kappa shape index (κ2) is 8.88. The van der Waals surface area contributed by atoms with E-state index in [4.69, 9.17) is 0 Å². The highest BCUT2D eigenvalue weighted by atomic mass is 16.6. The molecule has 164 valence electrons. The van der Waals surface area contributed by atoms with Gasteiger partial charge in [-0.05, 0) is 42.5 Å². The number of para-hydroxylation sites is 1. The Hall–Kier alpha value is -4.59. The van der Waals surface area contributed by atoms with Crippen molar-refractivity contribution >= 4 is 39.4 Å². The highest BCUT2D eigenvalue weighted by Crippen LogP contribution is 2.40. The Kier molecular flexibility index (Phi) is 5.82. The first kappa shape index (κ1) is 21.6. The number of benzene rings is 4. The van der Waals surface area contributed by atoms with Crippen LogP contribution >= 0.6 is 0 Å². The molecule has 8 heteroatoms. The molecule has 0 aliphatic carbocycles. The van der Waals surface area contributed by atoms with E-state index in [1.54, 1.807) is 43.3 Å². The van der Waals surface area contributed by atoms with Gasteiger partial charge in [0.15, 0.2) is 5.75 Å². The van der Waals surface area contributed by atoms with Gasteiger partial charge in [-0.1, -0.05) is 48.5 Å². The standard InChI is InChI=1S/C25H20N4O4/c1-15-7-3-6-10-21(15)26-25(31)20-13-17-8-4-5-9-19(17)23(24(20)30)28-27-22-14-18(29(32)33)12-11-16(22)2/h3-14,30H,1-2H3,(H,26,31)/b28-27+. The highest BCUT2D eigenvalue weighted by Gasteiger charge is 2.19. The third kappa shape index (κ3) is 4.40. The Morgan fingerprint density at radius 3 is 2.42 bits per heavy atom. The van der Waals surface area contributed by atoms with E-state index in [-0.39, 0.29) is 22.7 Å². The molecule has 0 radical (unpaired) electrons. The van der Waals surface area contributed by atoms with Crippen LogP contribution in [0.5, 0.6) is 5.75 Å². The normalized spacial score (nSPS) is 11.1. The summed E-state index contributed by atoms with van der Waals surface area (Å²) in [7, 11) is 0. The van der Waals surface area contributed by atoms with Crippen molar-refractivity contribution in [1.82, 2.24) is 0 Å². The van der Waals surface area contributed by atoms with Crippen molar-refractivity contribution in [1.29, 1.82) is 0 Å². The van der Waals surface area contributed by atoms with E-state index >= 15 is 0 Å². The maximum atomic E-state index is 13.0. The summed E-state index contributed by atoms with van der Waals surface area (Å²) in [5.74, 6) is -0.817. The largest absolute Gasteiger partial charge is 0.505 e. The Morgan fingerprint density at radius 1 is 0.939 bits per heavy atom. The lowest BCUT2D eigenvalue weighted by Gasteiger charge is -2.12. The summed E-state index contributed by atoms with van der Waals surface area (Å²) in [6.07, 6.45) is 0. The van der Waals surface area contributed by atoms with Crippen molar-refractivity contribution in [2.45, 2.75) is 13.8 Å². The van der Waals surface area contributed by atoms with Gasteiger partial charge in [-0.2, -0.15) is 0 Å². The molecule has 0 fully saturated rings. The maximum Gasteiger partial charge on any atom is 0.271 e. The molecular formula is C25H20N4O4. The van der Waals surface area contributed by atoms with Gasteiger partial charge in [0.05, 0.1) is 16.2 Å². The lowest BCUT2D eigenvalue weighted by atomic mass is 10.0. The number of non-ortho nitro benzene ring substituents is 1. The number of phenolic OH excluding ortho intramolecular Hbond substituents is 1. The molecule has 2 N–H and O–H groups in total. The molecule has 0 saturated carbocycles. The molecule has 8 nitrogen and oxygen atoms in total. The molecule has 0 heterocycles. The van der Waals surface area contributed by atoms with Crippen LogP contribution in [0, 0.1) is 24.0 Å². The number of carbonyl (C=O) groups is 1. The molecule has 0 bridgehead atoms. The van der Waals surface area contributed by atoms with Gasteiger partial charge in [0.1, 0.15) is 5.69 Å². The number of aryl methyl sites for hydroxylation is 2. The van der Waals surface area contributed by atoms with E-state index in [1.807, 2.05) is 31.2 Å². The van der Waals surface area contributed by atoms with Gasteiger partial charge in [-0.15, -0.1) is 10.2 Å². The van der Waals surface area contributed by atoms with Gasteiger partial charge in [0.2, 0.25) is 0 Å². The summed E-state index contributed by atoms with van der Waals surface area (Å²) in [4.78, 5) is 23.6. The van der Waals surface area contributed by atoms with E-state index < -0.39 is 10.8 Å². The highest BCUT2D eigenvalue weighted by molar-refractivity contribution is 6.11. The molecule has 0 saturated heterocycles. The topological polar surface area (TPSA) is 117 Å². The molecule has 4 aromatic rings. The fraction of sp³-hybridized carbons (Fsp3) is 0.0800. The zero-order valence-electron chi connectivity index (χ0n) is 17.9. The molecule has 4 rings (SSSR count). The number of nitrogens with one attached hydrogen (secondary N) is 1. The number of rotatable bonds is 5. The number of anilines is 1. The molecule has 0 aliphatic rings. The van der Waals surface area contributed by atoms with E-state index in [0.29, 0.717) is 27.7 Å². The fourth-order valence-corrected chi connectivity index (χ4v) is 3.42. The van der Waals surface area contributed by atoms with Crippen molar-refractivity contribution < 1.29 is 14.8 Å². The van der Waals surface area contributed by atoms with Crippen LogP contribution in [0.4, 0.5) is 22.7 Å². The van der Waals surface area contributed by atoms with Crippen LogP contribution in [-0.2, 0) is 0 Å². The number of nitro benzene ring substituents is 1. The van der Waals surface area contributed by atoms with Crippen molar-refractivity contribution in [2.24, 2.45) is 10.2 Å². The second-order valence-electron chi connectivity index (χ2n) is 7.54. The van der Waals surface area contributed by atoms with Gasteiger partial charge in [-0.3, -0.25) is 14.9 Å². The van der Waals surface area contributed by atoms with Crippen LogP contribution in [0.15, 0.2) is 83.0 Å². The minimum Gasteiger partial charge on any atom is -0.505 e. The van der Waals surface area contributed by atoms with Gasteiger partial charge >= 0.3 is 0 Å². The van der Waals surface area contributed by atoms with Crippen LogP contribution < -0.4 is 5.32 Å². The molecule has 0 unspecified atom stereocenters. The third-order valence-electron chi connectivity index (χ3n) is 5.29. The van der Waals surface area contributed by atoms with E-state index in [2.05, 4.69) is 15.5 Å². The van der Waals surface area contributed by atoms with Crippen molar-refractivity contribution in [3.63, 3.8) is 0 Å². The van der Waals surface area contributed by atoms with Gasteiger partial charge in [0.25, 0.3) is 11.6 Å². The third-order valence-corrected chi connectivity index (χ3v) is 5.29. The lowest BCUT2D eigenvalue weighted by molar-refractivity contribution is -0.384. The summed E-state index contributed by atoms with van der Waals surface area (Å²) >= 11 is 0. The number of aromatic hydroxyl groups is 1. The zero-order valence-corrected chi connectivity index (χ0v) is 17.9. The molecule has 0 aliphatic heterocycles. The molecule has 33 heavy (non-hydrogen) atoms. The average Bonchev–Trinajstić information content (AvgIpc) is 2.80. The Balaban J connectivity index is 1.80. The SMILES string of the molecule is Cc1ccc([N+](=O)[O-])cc1/N=N/c1c(O)c(C(=O)Nc2ccccc2C)cc2ccccc12. The first-order valence-electron chi connectivity index (χ1n) is 10.1. The van der Waals surface area contributed by atoms with Crippen molar-refractivity contribution in [2.75, 3.05) is 5.32 Å². The number of phenols is 1. The lowest BCUT2D eigenvalue weighted by Crippen LogP contribution is -2.13.